The van der Waals surface area contributed by atoms with Gasteiger partial charge in [-0.25, -0.2) is 9.97 Å². The zero-order valence-corrected chi connectivity index (χ0v) is 27.6. The first-order valence-corrected chi connectivity index (χ1v) is 17.0. The van der Waals surface area contributed by atoms with Crippen molar-refractivity contribution in [3.8, 4) is 67.9 Å². The Balaban J connectivity index is 1.48. The first-order chi connectivity index (χ1) is 25.3. The van der Waals surface area contributed by atoms with Crippen molar-refractivity contribution in [2.45, 2.75) is 0 Å². The summed E-state index contributed by atoms with van der Waals surface area (Å²) in [6, 6.07) is 65.0. The van der Waals surface area contributed by atoms with E-state index in [1.165, 1.54) is 10.8 Å². The second-order valence-electron chi connectivity index (χ2n) is 12.5. The van der Waals surface area contributed by atoms with Gasteiger partial charge in [0, 0.05) is 21.9 Å². The highest BCUT2D eigenvalue weighted by molar-refractivity contribution is 6.10. The molecule has 0 atom stereocenters. The molecule has 0 radical (unpaired) electrons. The van der Waals surface area contributed by atoms with E-state index in [1.54, 1.807) is 0 Å². The fraction of sp³-hybridized carbons (Fsp3) is 0. The maximum Gasteiger partial charge on any atom is 0.163 e. The van der Waals surface area contributed by atoms with E-state index in [-0.39, 0.29) is 0 Å². The van der Waals surface area contributed by atoms with Gasteiger partial charge in [0.15, 0.2) is 5.82 Å². The van der Waals surface area contributed by atoms with Gasteiger partial charge < -0.3 is 4.57 Å². The van der Waals surface area contributed by atoms with E-state index in [1.807, 2.05) is 72.8 Å². The standard InChI is InChI=1S/C47H30N4/c48-31-40-45(34-21-9-3-10-22-34)49-47(50-46(40)35-23-11-4-12-24-35)44-39(33-19-7-2-8-20-33)29-36(32-17-5-1-6-18-32)30-43(44)51-41-27-15-13-25-37(41)38-26-14-16-28-42(38)51/h1-30H. The number of hydrogen-bond acceptors (Lipinski definition) is 3. The average molecular weight is 651 g/mol. The molecule has 238 valence electrons. The van der Waals surface area contributed by atoms with E-state index in [4.69, 9.17) is 9.97 Å². The Morgan fingerprint density at radius 1 is 0.431 bits per heavy atom. The summed E-state index contributed by atoms with van der Waals surface area (Å²) in [6.07, 6.45) is 0. The highest BCUT2D eigenvalue weighted by Gasteiger charge is 2.25. The average Bonchev–Trinajstić information content (AvgIpc) is 3.55. The van der Waals surface area contributed by atoms with Crippen LogP contribution < -0.4 is 0 Å². The molecule has 0 aliphatic carbocycles. The summed E-state index contributed by atoms with van der Waals surface area (Å²) in [5, 5.41) is 13.0. The number of nitrogens with zero attached hydrogens (tertiary/aromatic N) is 4. The highest BCUT2D eigenvalue weighted by atomic mass is 15.0. The fourth-order valence-corrected chi connectivity index (χ4v) is 7.15. The Hall–Kier alpha value is -7.09. The van der Waals surface area contributed by atoms with Crippen molar-refractivity contribution in [2.75, 3.05) is 0 Å². The van der Waals surface area contributed by atoms with Gasteiger partial charge in [0.1, 0.15) is 11.6 Å². The molecule has 0 unspecified atom stereocenters. The van der Waals surface area contributed by atoms with Crippen LogP contribution in [0.2, 0.25) is 0 Å². The van der Waals surface area contributed by atoms with Gasteiger partial charge >= 0.3 is 0 Å². The van der Waals surface area contributed by atoms with Crippen LogP contribution in [0.5, 0.6) is 0 Å². The lowest BCUT2D eigenvalue weighted by Gasteiger charge is -2.21. The molecule has 2 heterocycles. The Kier molecular flexibility index (Phi) is 7.50. The largest absolute Gasteiger partial charge is 0.308 e. The third-order valence-corrected chi connectivity index (χ3v) is 9.47. The number of hydrogen-bond donors (Lipinski definition) is 0. The molecule has 0 aliphatic rings. The van der Waals surface area contributed by atoms with Crippen molar-refractivity contribution in [1.29, 1.82) is 5.26 Å². The minimum Gasteiger partial charge on any atom is -0.308 e. The first-order valence-electron chi connectivity index (χ1n) is 17.0. The maximum absolute atomic E-state index is 10.7. The Labute approximate surface area is 296 Å². The molecule has 7 aromatic carbocycles. The predicted octanol–water partition coefficient (Wildman–Crippen LogP) is 11.8. The van der Waals surface area contributed by atoms with E-state index < -0.39 is 0 Å². The van der Waals surface area contributed by atoms with Crippen LogP contribution in [0.25, 0.3) is 83.6 Å². The van der Waals surface area contributed by atoms with Crippen LogP contribution in [0.3, 0.4) is 0 Å². The third-order valence-electron chi connectivity index (χ3n) is 9.47. The molecule has 0 aliphatic heterocycles. The SMILES string of the molecule is N#Cc1c(-c2ccccc2)nc(-c2c(-c3ccccc3)cc(-c3ccccc3)cc2-n2c3ccccc3c3ccccc32)nc1-c1ccccc1. The molecule has 51 heavy (non-hydrogen) atoms. The van der Waals surface area contributed by atoms with Crippen LogP contribution in [0.4, 0.5) is 0 Å². The maximum atomic E-state index is 10.7. The van der Waals surface area contributed by atoms with E-state index >= 15 is 0 Å². The molecule has 0 saturated heterocycles. The number of aromatic nitrogens is 3. The summed E-state index contributed by atoms with van der Waals surface area (Å²) in [4.78, 5) is 10.7. The lowest BCUT2D eigenvalue weighted by molar-refractivity contribution is 1.13. The molecule has 0 N–H and O–H groups in total. The molecule has 4 nitrogen and oxygen atoms in total. The van der Waals surface area contributed by atoms with Crippen LogP contribution in [0.1, 0.15) is 5.56 Å². The molecular formula is C47H30N4. The molecule has 2 aromatic heterocycles. The number of benzene rings is 7. The zero-order chi connectivity index (χ0) is 34.1. The van der Waals surface area contributed by atoms with Crippen molar-refractivity contribution in [3.05, 3.63) is 188 Å². The number of nitriles is 1. The Morgan fingerprint density at radius 2 is 0.863 bits per heavy atom. The molecule has 0 fully saturated rings. The van der Waals surface area contributed by atoms with Crippen LogP contribution in [-0.4, -0.2) is 14.5 Å². The number of para-hydroxylation sites is 2. The monoisotopic (exact) mass is 650 g/mol. The van der Waals surface area contributed by atoms with Crippen LogP contribution in [-0.2, 0) is 0 Å². The normalized spacial score (nSPS) is 11.1. The summed E-state index contributed by atoms with van der Waals surface area (Å²) < 4.78 is 2.35. The van der Waals surface area contributed by atoms with Gasteiger partial charge in [-0.2, -0.15) is 5.26 Å². The molecule has 0 bridgehead atoms. The molecule has 0 spiro atoms. The zero-order valence-electron chi connectivity index (χ0n) is 27.6. The Morgan fingerprint density at radius 3 is 1.35 bits per heavy atom. The Bertz CT molecular complexity index is 2610. The van der Waals surface area contributed by atoms with Gasteiger partial charge in [-0.15, -0.1) is 0 Å². The van der Waals surface area contributed by atoms with E-state index in [2.05, 4.69) is 120 Å². The summed E-state index contributed by atoms with van der Waals surface area (Å²) >= 11 is 0. The summed E-state index contributed by atoms with van der Waals surface area (Å²) in [5.74, 6) is 0.544. The third kappa shape index (κ3) is 5.25. The van der Waals surface area contributed by atoms with Crippen LogP contribution >= 0.6 is 0 Å². The quantitative estimate of drug-likeness (QED) is 0.180. The van der Waals surface area contributed by atoms with Gasteiger partial charge in [-0.3, -0.25) is 0 Å². The molecule has 9 aromatic rings. The van der Waals surface area contributed by atoms with E-state index in [0.717, 1.165) is 55.7 Å². The molecule has 0 amide bonds. The van der Waals surface area contributed by atoms with Gasteiger partial charge in [0.2, 0.25) is 0 Å². The summed E-state index contributed by atoms with van der Waals surface area (Å²) in [7, 11) is 0. The summed E-state index contributed by atoms with van der Waals surface area (Å²) in [6.45, 7) is 0. The van der Waals surface area contributed by atoms with Crippen LogP contribution in [0.15, 0.2) is 182 Å². The molecule has 4 heteroatoms. The molecule has 9 rings (SSSR count). The van der Waals surface area contributed by atoms with Crippen molar-refractivity contribution < 1.29 is 0 Å². The van der Waals surface area contributed by atoms with Crippen molar-refractivity contribution in [2.24, 2.45) is 0 Å². The molecular weight excluding hydrogens is 621 g/mol. The lowest BCUT2D eigenvalue weighted by Crippen LogP contribution is -2.06. The predicted molar refractivity (Wildman–Crippen MR) is 208 cm³/mol. The fourth-order valence-electron chi connectivity index (χ4n) is 7.15. The van der Waals surface area contributed by atoms with Gasteiger partial charge in [0.25, 0.3) is 0 Å². The number of fused-ring (bicyclic) bond motifs is 3. The summed E-state index contributed by atoms with van der Waals surface area (Å²) in [5.41, 5.74) is 11.6. The van der Waals surface area contributed by atoms with Crippen LogP contribution in [0, 0.1) is 11.3 Å². The second-order valence-corrected chi connectivity index (χ2v) is 12.5. The van der Waals surface area contributed by atoms with Crippen molar-refractivity contribution >= 4 is 21.8 Å². The van der Waals surface area contributed by atoms with Crippen molar-refractivity contribution in [3.63, 3.8) is 0 Å². The van der Waals surface area contributed by atoms with Gasteiger partial charge in [-0.05, 0) is 46.5 Å². The topological polar surface area (TPSA) is 54.5 Å². The van der Waals surface area contributed by atoms with E-state index in [9.17, 15) is 5.26 Å². The first kappa shape index (κ1) is 30.0. The highest BCUT2D eigenvalue weighted by Crippen LogP contribution is 2.44. The minimum absolute atomic E-state index is 0.441. The number of rotatable bonds is 6. The lowest BCUT2D eigenvalue weighted by atomic mass is 9.91. The second kappa shape index (κ2) is 12.7. The van der Waals surface area contributed by atoms with Crippen molar-refractivity contribution in [1.82, 2.24) is 14.5 Å². The van der Waals surface area contributed by atoms with Gasteiger partial charge in [0.05, 0.1) is 33.7 Å². The smallest absolute Gasteiger partial charge is 0.163 e. The van der Waals surface area contributed by atoms with E-state index in [0.29, 0.717) is 22.8 Å². The molecule has 0 saturated carbocycles. The minimum atomic E-state index is 0.441. The van der Waals surface area contributed by atoms with Gasteiger partial charge in [-0.1, -0.05) is 158 Å².